The van der Waals surface area contributed by atoms with Crippen molar-refractivity contribution in [3.63, 3.8) is 0 Å². The molecule has 0 bridgehead atoms. The van der Waals surface area contributed by atoms with Crippen molar-refractivity contribution in [2.75, 3.05) is 20.2 Å². The number of carbonyl (C=O) groups is 1. The number of fused-ring (bicyclic) bond motifs is 1. The average Bonchev–Trinajstić information content (AvgIpc) is 3.16. The first kappa shape index (κ1) is 19.2. The molecule has 3 aromatic rings. The minimum atomic E-state index is -0.668. The van der Waals surface area contributed by atoms with Gasteiger partial charge in [0, 0.05) is 49.3 Å². The molecule has 1 amide bonds. The minimum Gasteiger partial charge on any atom is -0.495 e. The van der Waals surface area contributed by atoms with Gasteiger partial charge in [-0.25, -0.2) is 11.6 Å². The van der Waals surface area contributed by atoms with E-state index in [1.54, 1.807) is 29.0 Å². The largest absolute Gasteiger partial charge is 0.495 e. The van der Waals surface area contributed by atoms with Gasteiger partial charge < -0.3 is 14.5 Å². The molecule has 4 rings (SSSR count). The summed E-state index contributed by atoms with van der Waals surface area (Å²) < 4.78 is 6.93. The maximum Gasteiger partial charge on any atom is 0.261 e. The number of carbonyl (C=O) groups excluding carboxylic acids is 1. The van der Waals surface area contributed by atoms with Gasteiger partial charge in [-0.15, -0.1) is 0 Å². The van der Waals surface area contributed by atoms with Crippen LogP contribution in [0.25, 0.3) is 15.9 Å². The molecule has 1 aliphatic rings. The first-order valence-electron chi connectivity index (χ1n) is 9.33. The van der Waals surface area contributed by atoms with Crippen LogP contribution < -0.4 is 4.74 Å². The number of aromatic nitrogens is 3. The molecule has 0 aliphatic carbocycles. The normalized spacial score (nSPS) is 15.8. The van der Waals surface area contributed by atoms with E-state index in [0.717, 1.165) is 10.9 Å². The molecule has 7 nitrogen and oxygen atoms in total. The number of hydrogen-bond donors (Lipinski definition) is 0. The molecule has 1 fully saturated rings. The van der Waals surface area contributed by atoms with Gasteiger partial charge in [0.15, 0.2) is 5.65 Å². The van der Waals surface area contributed by atoms with Crippen molar-refractivity contribution in [1.82, 2.24) is 19.7 Å². The van der Waals surface area contributed by atoms with Crippen molar-refractivity contribution in [2.24, 2.45) is 0 Å². The molecule has 0 atom stereocenters. The smallest absolute Gasteiger partial charge is 0.261 e. The van der Waals surface area contributed by atoms with Crippen molar-refractivity contribution in [2.45, 2.75) is 24.9 Å². The molecule has 0 spiro atoms. The highest BCUT2D eigenvalue weighted by molar-refractivity contribution is 6.32. The summed E-state index contributed by atoms with van der Waals surface area (Å²) >= 11 is 6.13. The summed E-state index contributed by atoms with van der Waals surface area (Å²) in [6.45, 7) is 9.01. The van der Waals surface area contributed by atoms with E-state index in [4.69, 9.17) is 22.9 Å². The molecule has 2 aromatic heterocycles. The number of piperidine rings is 1. The Morgan fingerprint density at radius 1 is 1.34 bits per heavy atom. The van der Waals surface area contributed by atoms with Crippen LogP contribution in [0.5, 0.6) is 5.75 Å². The van der Waals surface area contributed by atoms with Crippen LogP contribution in [0.3, 0.4) is 0 Å². The van der Waals surface area contributed by atoms with Crippen LogP contribution in [0.2, 0.25) is 5.02 Å². The number of nitrogens with zero attached hydrogens (tertiary/aromatic N) is 5. The van der Waals surface area contributed by atoms with Crippen LogP contribution in [-0.4, -0.2) is 45.8 Å². The SMILES string of the molecule is [C-]#[N+]C1(c2ccc(Cl)c(OC)c2)CCN(C(=O)Cn2cc3cccnc3n2)CC1. The average molecular weight is 410 g/mol. The topological polar surface area (TPSA) is 64.6 Å². The Kier molecular flexibility index (Phi) is 5.12. The molecular formula is C21H20ClN5O2. The summed E-state index contributed by atoms with van der Waals surface area (Å²) in [5.74, 6) is 0.551. The second-order valence-corrected chi connectivity index (χ2v) is 7.52. The zero-order valence-electron chi connectivity index (χ0n) is 16.0. The fraction of sp³-hybridized carbons (Fsp3) is 0.333. The highest BCUT2D eigenvalue weighted by atomic mass is 35.5. The number of amides is 1. The third-order valence-corrected chi connectivity index (χ3v) is 5.78. The molecule has 0 radical (unpaired) electrons. The quantitative estimate of drug-likeness (QED) is 0.618. The minimum absolute atomic E-state index is 0.00919. The van der Waals surface area contributed by atoms with E-state index in [2.05, 4.69) is 14.9 Å². The maximum absolute atomic E-state index is 12.8. The van der Waals surface area contributed by atoms with Crippen molar-refractivity contribution in [3.05, 3.63) is 64.7 Å². The zero-order chi connectivity index (χ0) is 20.4. The number of rotatable bonds is 4. The molecule has 0 unspecified atom stereocenters. The Bertz CT molecular complexity index is 1060. The van der Waals surface area contributed by atoms with Crippen LogP contribution in [0.1, 0.15) is 18.4 Å². The van der Waals surface area contributed by atoms with E-state index < -0.39 is 5.54 Å². The van der Waals surface area contributed by atoms with Gasteiger partial charge in [-0.05, 0) is 30.3 Å². The summed E-state index contributed by atoms with van der Waals surface area (Å²) in [6.07, 6.45) is 4.64. The Morgan fingerprint density at radius 2 is 2.14 bits per heavy atom. The van der Waals surface area contributed by atoms with Gasteiger partial charge >= 0.3 is 0 Å². The van der Waals surface area contributed by atoms with E-state index in [1.165, 1.54) is 0 Å². The van der Waals surface area contributed by atoms with Crippen molar-refractivity contribution in [3.8, 4) is 5.75 Å². The molecule has 0 saturated carbocycles. The first-order chi connectivity index (χ1) is 14.0. The first-order valence-corrected chi connectivity index (χ1v) is 9.71. The van der Waals surface area contributed by atoms with Crippen molar-refractivity contribution in [1.29, 1.82) is 0 Å². The lowest BCUT2D eigenvalue weighted by Gasteiger charge is -2.34. The summed E-state index contributed by atoms with van der Waals surface area (Å²) in [5.41, 5.74) is 0.840. The second-order valence-electron chi connectivity index (χ2n) is 7.12. The Hall–Kier alpha value is -3.11. The number of likely N-dealkylation sites (tertiary alicyclic amines) is 1. The number of pyridine rings is 1. The fourth-order valence-electron chi connectivity index (χ4n) is 3.76. The summed E-state index contributed by atoms with van der Waals surface area (Å²) in [6, 6.07) is 9.23. The molecule has 148 valence electrons. The molecule has 29 heavy (non-hydrogen) atoms. The number of benzene rings is 1. The van der Waals surface area contributed by atoms with E-state index in [9.17, 15) is 4.79 Å². The van der Waals surface area contributed by atoms with E-state index >= 15 is 0 Å². The van der Waals surface area contributed by atoms with Crippen LogP contribution in [-0.2, 0) is 16.9 Å². The van der Waals surface area contributed by atoms with E-state index in [1.807, 2.05) is 30.5 Å². The van der Waals surface area contributed by atoms with Crippen molar-refractivity contribution >= 4 is 28.5 Å². The molecule has 0 N–H and O–H groups in total. The van der Waals surface area contributed by atoms with Crippen LogP contribution in [0, 0.1) is 6.57 Å². The van der Waals surface area contributed by atoms with Gasteiger partial charge in [0.1, 0.15) is 12.3 Å². The summed E-state index contributed by atoms with van der Waals surface area (Å²) in [7, 11) is 1.56. The molecule has 3 heterocycles. The predicted molar refractivity (Wildman–Crippen MR) is 110 cm³/mol. The molecular weight excluding hydrogens is 390 g/mol. The third kappa shape index (κ3) is 3.64. The highest BCUT2D eigenvalue weighted by Crippen LogP contribution is 2.40. The molecule has 1 saturated heterocycles. The lowest BCUT2D eigenvalue weighted by Crippen LogP contribution is -2.45. The lowest BCUT2D eigenvalue weighted by molar-refractivity contribution is -0.133. The standard InChI is InChI=1S/C21H20ClN5O2/c1-23-21(16-5-6-17(22)18(12-16)29-2)7-10-26(11-8-21)19(28)14-27-13-15-4-3-9-24-20(15)25-27/h3-6,9,12-13H,7-8,10-11,14H2,2H3. The highest BCUT2D eigenvalue weighted by Gasteiger charge is 2.43. The Balaban J connectivity index is 1.46. The lowest BCUT2D eigenvalue weighted by atomic mass is 9.81. The van der Waals surface area contributed by atoms with Gasteiger partial charge in [-0.1, -0.05) is 11.6 Å². The maximum atomic E-state index is 12.8. The van der Waals surface area contributed by atoms with Gasteiger partial charge in [0.2, 0.25) is 5.91 Å². The number of halogens is 1. The summed E-state index contributed by atoms with van der Waals surface area (Å²) in [5, 5.41) is 5.77. The summed E-state index contributed by atoms with van der Waals surface area (Å²) in [4.78, 5) is 22.7. The number of methoxy groups -OCH3 is 1. The Morgan fingerprint density at radius 3 is 2.83 bits per heavy atom. The van der Waals surface area contributed by atoms with Gasteiger partial charge in [-0.3, -0.25) is 9.48 Å². The van der Waals surface area contributed by atoms with Gasteiger partial charge in [-0.2, -0.15) is 5.10 Å². The van der Waals surface area contributed by atoms with Crippen LogP contribution in [0.4, 0.5) is 0 Å². The van der Waals surface area contributed by atoms with Gasteiger partial charge in [0.25, 0.3) is 5.54 Å². The third-order valence-electron chi connectivity index (χ3n) is 5.47. The number of ether oxygens (including phenoxy) is 1. The zero-order valence-corrected chi connectivity index (χ0v) is 16.8. The van der Waals surface area contributed by atoms with Crippen molar-refractivity contribution < 1.29 is 9.53 Å². The second kappa shape index (κ2) is 7.72. The monoisotopic (exact) mass is 409 g/mol. The van der Waals surface area contributed by atoms with E-state index in [0.29, 0.717) is 42.4 Å². The van der Waals surface area contributed by atoms with Crippen LogP contribution >= 0.6 is 11.6 Å². The molecule has 8 heteroatoms. The molecule has 1 aliphatic heterocycles. The number of hydrogen-bond acceptors (Lipinski definition) is 4. The Labute approximate surface area is 173 Å². The van der Waals surface area contributed by atoms with E-state index in [-0.39, 0.29) is 12.5 Å². The van der Waals surface area contributed by atoms with Crippen LogP contribution in [0.15, 0.2) is 42.7 Å². The molecule has 1 aromatic carbocycles. The predicted octanol–water partition coefficient (Wildman–Crippen LogP) is 3.53. The fourth-order valence-corrected chi connectivity index (χ4v) is 3.96. The van der Waals surface area contributed by atoms with Gasteiger partial charge in [0.05, 0.1) is 12.1 Å².